The molecule has 2 heterocycles. The largest absolute Gasteiger partial charge is 0.325 e. The van der Waals surface area contributed by atoms with Crippen molar-refractivity contribution in [1.29, 1.82) is 0 Å². The lowest BCUT2D eigenvalue weighted by molar-refractivity contribution is -0.113. The summed E-state index contributed by atoms with van der Waals surface area (Å²) in [6, 6.07) is 17.3. The number of carbonyl (C=O) groups excluding carboxylic acids is 1. The number of hydrogen-bond donors (Lipinski definition) is 1. The minimum absolute atomic E-state index is 0.140. The Morgan fingerprint density at radius 1 is 1.10 bits per heavy atom. The summed E-state index contributed by atoms with van der Waals surface area (Å²) < 4.78 is 3.13. The fourth-order valence-electron chi connectivity index (χ4n) is 3.11. The Hall–Kier alpha value is -3.39. The highest BCUT2D eigenvalue weighted by atomic mass is 32.2. The monoisotopic (exact) mass is 419 g/mol. The second-order valence-electron chi connectivity index (χ2n) is 6.98. The van der Waals surface area contributed by atoms with Crippen LogP contribution in [0.2, 0.25) is 0 Å². The van der Waals surface area contributed by atoms with E-state index in [1.54, 1.807) is 17.8 Å². The van der Waals surface area contributed by atoms with Crippen molar-refractivity contribution in [3.8, 4) is 0 Å². The molecule has 8 heteroatoms. The third-order valence-corrected chi connectivity index (χ3v) is 5.64. The fraction of sp³-hybridized carbons (Fsp3) is 0.182. The summed E-state index contributed by atoms with van der Waals surface area (Å²) >= 11 is 1.24. The van der Waals surface area contributed by atoms with E-state index in [9.17, 15) is 9.59 Å². The van der Waals surface area contributed by atoms with Gasteiger partial charge in [-0.15, -0.1) is 0 Å². The number of hydrogen-bond acceptors (Lipinski definition) is 5. The van der Waals surface area contributed by atoms with Gasteiger partial charge in [0, 0.05) is 12.7 Å². The van der Waals surface area contributed by atoms with Gasteiger partial charge in [-0.05, 0) is 24.6 Å². The molecule has 0 spiro atoms. The van der Waals surface area contributed by atoms with E-state index in [0.717, 1.165) is 16.8 Å². The minimum atomic E-state index is -0.176. The molecule has 1 N–H and O–H groups in total. The van der Waals surface area contributed by atoms with Crippen molar-refractivity contribution in [3.63, 3.8) is 0 Å². The Labute approximate surface area is 177 Å². The van der Waals surface area contributed by atoms with Crippen LogP contribution >= 0.6 is 11.8 Å². The third-order valence-electron chi connectivity index (χ3n) is 4.67. The first-order valence-electron chi connectivity index (χ1n) is 9.47. The van der Waals surface area contributed by atoms with E-state index in [0.29, 0.717) is 22.7 Å². The van der Waals surface area contributed by atoms with Crippen LogP contribution in [0.4, 0.5) is 5.69 Å². The summed E-state index contributed by atoms with van der Waals surface area (Å²) in [7, 11) is 1.72. The summed E-state index contributed by atoms with van der Waals surface area (Å²) in [5.41, 5.74) is 3.64. The van der Waals surface area contributed by atoms with Gasteiger partial charge >= 0.3 is 0 Å². The molecular formula is C22H21N5O2S. The number of carbonyl (C=O) groups is 1. The van der Waals surface area contributed by atoms with Gasteiger partial charge in [0.1, 0.15) is 5.52 Å². The Balaban J connectivity index is 1.60. The summed E-state index contributed by atoms with van der Waals surface area (Å²) in [6.07, 6.45) is 1.57. The second kappa shape index (κ2) is 8.54. The van der Waals surface area contributed by atoms with Crippen molar-refractivity contribution in [2.24, 2.45) is 7.05 Å². The van der Waals surface area contributed by atoms with Crippen LogP contribution < -0.4 is 10.9 Å². The minimum Gasteiger partial charge on any atom is -0.325 e. The number of nitrogens with one attached hydrogen (secondary N) is 1. The maximum atomic E-state index is 13.2. The molecule has 30 heavy (non-hydrogen) atoms. The molecule has 0 aliphatic carbocycles. The van der Waals surface area contributed by atoms with E-state index in [1.165, 1.54) is 16.4 Å². The average molecular weight is 420 g/mol. The van der Waals surface area contributed by atoms with Crippen molar-refractivity contribution in [2.45, 2.75) is 18.6 Å². The van der Waals surface area contributed by atoms with Gasteiger partial charge in [-0.1, -0.05) is 59.8 Å². The summed E-state index contributed by atoms with van der Waals surface area (Å²) in [5.74, 6) is -0.0171. The number of fused-ring (bicyclic) bond motifs is 1. The number of amides is 1. The topological polar surface area (TPSA) is 81.8 Å². The third kappa shape index (κ3) is 4.28. The van der Waals surface area contributed by atoms with Crippen LogP contribution in [0, 0.1) is 6.92 Å². The van der Waals surface area contributed by atoms with Crippen LogP contribution in [-0.2, 0) is 18.4 Å². The van der Waals surface area contributed by atoms with Gasteiger partial charge in [-0.2, -0.15) is 5.10 Å². The quantitative estimate of drug-likeness (QED) is 0.383. The van der Waals surface area contributed by atoms with Gasteiger partial charge in [-0.3, -0.25) is 18.8 Å². The summed E-state index contributed by atoms with van der Waals surface area (Å²) in [5, 5.41) is 7.52. The first-order valence-corrected chi connectivity index (χ1v) is 10.5. The SMILES string of the molecule is Cc1ccc(NC(=O)CSc2nc3cnn(C)c3c(=O)n2Cc2ccccc2)cc1. The van der Waals surface area contributed by atoms with E-state index >= 15 is 0 Å². The number of aryl methyl sites for hydroxylation is 2. The van der Waals surface area contributed by atoms with E-state index in [-0.39, 0.29) is 17.2 Å². The molecule has 4 aromatic rings. The molecule has 0 radical (unpaired) electrons. The highest BCUT2D eigenvalue weighted by Crippen LogP contribution is 2.19. The van der Waals surface area contributed by atoms with Gasteiger partial charge in [-0.25, -0.2) is 4.98 Å². The smallest absolute Gasteiger partial charge is 0.280 e. The first-order chi connectivity index (χ1) is 14.5. The summed E-state index contributed by atoms with van der Waals surface area (Å²) in [6.45, 7) is 2.36. The molecule has 0 aliphatic heterocycles. The molecule has 0 saturated carbocycles. The maximum Gasteiger partial charge on any atom is 0.280 e. The van der Waals surface area contributed by atoms with Gasteiger partial charge < -0.3 is 5.32 Å². The molecule has 2 aromatic heterocycles. The predicted octanol–water partition coefficient (Wildman–Crippen LogP) is 3.22. The standard InChI is InChI=1S/C22H21N5O2S/c1-15-8-10-17(11-9-15)24-19(28)14-30-22-25-18-12-23-26(2)20(18)21(29)27(22)13-16-6-4-3-5-7-16/h3-12H,13-14H2,1-2H3,(H,24,28). The molecule has 7 nitrogen and oxygen atoms in total. The number of nitrogens with zero attached hydrogens (tertiary/aromatic N) is 4. The zero-order valence-electron chi connectivity index (χ0n) is 16.7. The molecule has 0 unspecified atom stereocenters. The zero-order chi connectivity index (χ0) is 21.1. The van der Waals surface area contributed by atoms with Crippen LogP contribution in [0.15, 0.2) is 70.7 Å². The Morgan fingerprint density at radius 2 is 1.83 bits per heavy atom. The highest BCUT2D eigenvalue weighted by Gasteiger charge is 2.16. The fourth-order valence-corrected chi connectivity index (χ4v) is 3.91. The second-order valence-corrected chi connectivity index (χ2v) is 7.92. The molecule has 0 fully saturated rings. The lowest BCUT2D eigenvalue weighted by atomic mass is 10.2. The number of thioether (sulfide) groups is 1. The van der Waals surface area contributed by atoms with Crippen molar-refractivity contribution >= 4 is 34.4 Å². The molecule has 2 aromatic carbocycles. The molecule has 1 amide bonds. The van der Waals surface area contributed by atoms with Gasteiger partial charge in [0.05, 0.1) is 18.5 Å². The number of rotatable bonds is 6. The van der Waals surface area contributed by atoms with E-state index < -0.39 is 0 Å². The van der Waals surface area contributed by atoms with Crippen molar-refractivity contribution < 1.29 is 4.79 Å². The molecule has 0 bridgehead atoms. The zero-order valence-corrected chi connectivity index (χ0v) is 17.5. The lowest BCUT2D eigenvalue weighted by Crippen LogP contribution is -2.26. The number of anilines is 1. The molecule has 0 atom stereocenters. The first kappa shape index (κ1) is 19.9. The Kier molecular flexibility index (Phi) is 5.67. The highest BCUT2D eigenvalue weighted by molar-refractivity contribution is 7.99. The summed E-state index contributed by atoms with van der Waals surface area (Å²) in [4.78, 5) is 30.2. The van der Waals surface area contributed by atoms with Gasteiger partial charge in [0.25, 0.3) is 5.56 Å². The maximum absolute atomic E-state index is 13.2. The molecule has 0 saturated heterocycles. The number of benzene rings is 2. The van der Waals surface area contributed by atoms with Crippen LogP contribution in [0.3, 0.4) is 0 Å². The van der Waals surface area contributed by atoms with Crippen molar-refractivity contribution in [1.82, 2.24) is 19.3 Å². The lowest BCUT2D eigenvalue weighted by Gasteiger charge is -2.12. The van der Waals surface area contributed by atoms with Crippen LogP contribution in [0.25, 0.3) is 11.0 Å². The van der Waals surface area contributed by atoms with E-state index in [1.807, 2.05) is 61.5 Å². The Bertz CT molecular complexity index is 1250. The van der Waals surface area contributed by atoms with E-state index in [2.05, 4.69) is 15.4 Å². The molecule has 4 rings (SSSR count). The molecule has 0 aliphatic rings. The van der Waals surface area contributed by atoms with Gasteiger partial charge in [0.15, 0.2) is 10.7 Å². The van der Waals surface area contributed by atoms with Crippen molar-refractivity contribution in [2.75, 3.05) is 11.1 Å². The predicted molar refractivity (Wildman–Crippen MR) is 119 cm³/mol. The van der Waals surface area contributed by atoms with Crippen LogP contribution in [-0.4, -0.2) is 31.0 Å². The number of aromatic nitrogens is 4. The van der Waals surface area contributed by atoms with Gasteiger partial charge in [0.2, 0.25) is 5.91 Å². The average Bonchev–Trinajstić information content (AvgIpc) is 3.12. The molecule has 152 valence electrons. The Morgan fingerprint density at radius 3 is 2.57 bits per heavy atom. The normalized spacial score (nSPS) is 11.0. The van der Waals surface area contributed by atoms with Crippen molar-refractivity contribution in [3.05, 3.63) is 82.3 Å². The van der Waals surface area contributed by atoms with E-state index in [4.69, 9.17) is 0 Å². The van der Waals surface area contributed by atoms with Crippen LogP contribution in [0.1, 0.15) is 11.1 Å². The van der Waals surface area contributed by atoms with Crippen LogP contribution in [0.5, 0.6) is 0 Å². The molecular weight excluding hydrogens is 398 g/mol.